The number of hydrogen-bond acceptors (Lipinski definition) is 5. The van der Waals surface area contributed by atoms with Crippen LogP contribution in [0.25, 0.3) is 0 Å². The highest BCUT2D eigenvalue weighted by Crippen LogP contribution is 2.26. The average molecular weight is 318 g/mol. The van der Waals surface area contributed by atoms with Crippen LogP contribution in [0.5, 0.6) is 0 Å². The molecule has 1 rings (SSSR count). The van der Waals surface area contributed by atoms with Crippen molar-refractivity contribution < 1.29 is 9.47 Å². The number of halogens is 1. The van der Waals surface area contributed by atoms with E-state index >= 15 is 0 Å². The minimum Gasteiger partial charge on any atom is -0.396 e. The number of aromatic nitrogens is 1. The van der Waals surface area contributed by atoms with Crippen LogP contribution >= 0.6 is 15.9 Å². The molecule has 0 bridgehead atoms. The van der Waals surface area contributed by atoms with Crippen LogP contribution in [-0.4, -0.2) is 38.5 Å². The molecule has 0 atom stereocenters. The normalized spacial score (nSPS) is 10.6. The predicted molar refractivity (Wildman–Crippen MR) is 76.8 cm³/mol. The van der Waals surface area contributed by atoms with Gasteiger partial charge < -0.3 is 20.5 Å². The fourth-order valence-corrected chi connectivity index (χ4v) is 1.91. The molecule has 1 aromatic heterocycles. The molecule has 0 fully saturated rings. The van der Waals surface area contributed by atoms with E-state index in [9.17, 15) is 0 Å². The minimum absolute atomic E-state index is 0.652. The summed E-state index contributed by atoms with van der Waals surface area (Å²) in [5.41, 5.74) is 7.38. The van der Waals surface area contributed by atoms with Crippen molar-refractivity contribution in [3.05, 3.63) is 16.9 Å². The Hall–Kier alpha value is -0.850. The largest absolute Gasteiger partial charge is 0.396 e. The standard InChI is InChI=1S/C12H20BrN3O2/c1-17-6-7-18-5-3-2-4-16-12-10(13)8-15-9-11(12)14/h8-9H,2-7,14H2,1H3,(H,15,16). The summed E-state index contributed by atoms with van der Waals surface area (Å²) in [6.45, 7) is 2.93. The number of anilines is 2. The number of rotatable bonds is 9. The van der Waals surface area contributed by atoms with Crippen molar-refractivity contribution in [1.82, 2.24) is 4.98 Å². The molecule has 1 heterocycles. The molecule has 3 N–H and O–H groups in total. The second-order valence-corrected chi connectivity index (χ2v) is 4.68. The molecule has 1 aromatic rings. The molecule has 0 radical (unpaired) electrons. The van der Waals surface area contributed by atoms with Crippen molar-refractivity contribution in [3.63, 3.8) is 0 Å². The average Bonchev–Trinajstić information content (AvgIpc) is 2.35. The van der Waals surface area contributed by atoms with E-state index in [2.05, 4.69) is 26.2 Å². The third kappa shape index (κ3) is 5.66. The van der Waals surface area contributed by atoms with Gasteiger partial charge in [0.2, 0.25) is 0 Å². The Balaban J connectivity index is 2.11. The molecule has 6 heteroatoms. The first-order valence-electron chi connectivity index (χ1n) is 5.95. The monoisotopic (exact) mass is 317 g/mol. The van der Waals surface area contributed by atoms with Crippen LogP contribution in [-0.2, 0) is 9.47 Å². The fourth-order valence-electron chi connectivity index (χ4n) is 1.42. The van der Waals surface area contributed by atoms with E-state index in [1.165, 1.54) is 0 Å². The van der Waals surface area contributed by atoms with Crippen molar-refractivity contribution in [2.45, 2.75) is 12.8 Å². The van der Waals surface area contributed by atoms with Crippen molar-refractivity contribution in [3.8, 4) is 0 Å². The summed E-state index contributed by atoms with van der Waals surface area (Å²) in [6.07, 6.45) is 5.41. The number of pyridine rings is 1. The van der Waals surface area contributed by atoms with Crippen LogP contribution in [0.15, 0.2) is 16.9 Å². The van der Waals surface area contributed by atoms with Crippen LogP contribution in [0.2, 0.25) is 0 Å². The highest BCUT2D eigenvalue weighted by atomic mass is 79.9. The summed E-state index contributed by atoms with van der Waals surface area (Å²) >= 11 is 3.41. The lowest BCUT2D eigenvalue weighted by Gasteiger charge is -2.10. The maximum atomic E-state index is 5.82. The molecule has 0 aliphatic heterocycles. The second-order valence-electron chi connectivity index (χ2n) is 3.82. The van der Waals surface area contributed by atoms with E-state index in [1.54, 1.807) is 19.5 Å². The maximum absolute atomic E-state index is 5.82. The molecule has 0 aliphatic rings. The van der Waals surface area contributed by atoms with Gasteiger partial charge >= 0.3 is 0 Å². The van der Waals surface area contributed by atoms with Gasteiger partial charge in [-0.05, 0) is 28.8 Å². The van der Waals surface area contributed by atoms with Gasteiger partial charge in [-0.1, -0.05) is 0 Å². The summed E-state index contributed by atoms with van der Waals surface area (Å²) in [7, 11) is 1.67. The Morgan fingerprint density at radius 2 is 2.11 bits per heavy atom. The summed E-state index contributed by atoms with van der Waals surface area (Å²) in [5, 5.41) is 3.29. The lowest BCUT2D eigenvalue weighted by molar-refractivity contribution is 0.0691. The fraction of sp³-hybridized carbons (Fsp3) is 0.583. The number of ether oxygens (including phenoxy) is 2. The molecule has 0 saturated carbocycles. The number of nitrogens with two attached hydrogens (primary N) is 1. The van der Waals surface area contributed by atoms with Crippen molar-refractivity contribution in [2.24, 2.45) is 0 Å². The summed E-state index contributed by atoms with van der Waals surface area (Å²) in [6, 6.07) is 0. The molecule has 0 amide bonds. The lowest BCUT2D eigenvalue weighted by Crippen LogP contribution is -2.08. The maximum Gasteiger partial charge on any atom is 0.0750 e. The number of nitrogen functional groups attached to an aromatic ring is 1. The Morgan fingerprint density at radius 1 is 1.28 bits per heavy atom. The van der Waals surface area contributed by atoms with E-state index < -0.39 is 0 Å². The van der Waals surface area contributed by atoms with E-state index in [0.29, 0.717) is 18.9 Å². The van der Waals surface area contributed by atoms with Crippen LogP contribution < -0.4 is 11.1 Å². The molecule has 18 heavy (non-hydrogen) atoms. The number of nitrogens with zero attached hydrogens (tertiary/aromatic N) is 1. The van der Waals surface area contributed by atoms with Crippen LogP contribution in [0.1, 0.15) is 12.8 Å². The van der Waals surface area contributed by atoms with Crippen molar-refractivity contribution in [2.75, 3.05) is 44.5 Å². The first kappa shape index (κ1) is 15.2. The van der Waals surface area contributed by atoms with E-state index in [4.69, 9.17) is 15.2 Å². The summed E-state index contributed by atoms with van der Waals surface area (Å²) in [4.78, 5) is 3.99. The van der Waals surface area contributed by atoms with E-state index in [0.717, 1.165) is 36.2 Å². The quantitative estimate of drug-likeness (QED) is 0.684. The Bertz CT molecular complexity index is 330. The molecule has 0 saturated heterocycles. The van der Waals surface area contributed by atoms with Gasteiger partial charge in [0.25, 0.3) is 0 Å². The Kier molecular flexibility index (Phi) is 7.71. The topological polar surface area (TPSA) is 69.4 Å². The summed E-state index contributed by atoms with van der Waals surface area (Å²) < 4.78 is 11.2. The first-order chi connectivity index (χ1) is 8.75. The highest BCUT2D eigenvalue weighted by molar-refractivity contribution is 9.10. The lowest BCUT2D eigenvalue weighted by atomic mass is 10.3. The SMILES string of the molecule is COCCOCCCCNc1c(N)cncc1Br. The van der Waals surface area contributed by atoms with Crippen molar-refractivity contribution >= 4 is 27.3 Å². The number of nitrogens with one attached hydrogen (secondary N) is 1. The third-order valence-corrected chi connectivity index (χ3v) is 2.98. The molecule has 5 nitrogen and oxygen atoms in total. The molecule has 0 spiro atoms. The zero-order valence-corrected chi connectivity index (χ0v) is 12.2. The molecule has 0 aliphatic carbocycles. The van der Waals surface area contributed by atoms with Gasteiger partial charge in [0, 0.05) is 26.5 Å². The molecule has 102 valence electrons. The number of unbranched alkanes of at least 4 members (excludes halogenated alkanes) is 1. The number of methoxy groups -OCH3 is 1. The number of hydrogen-bond donors (Lipinski definition) is 2. The predicted octanol–water partition coefficient (Wildman–Crippen LogP) is 2.28. The molecule has 0 aromatic carbocycles. The zero-order chi connectivity index (χ0) is 13.2. The van der Waals surface area contributed by atoms with Gasteiger partial charge in [-0.3, -0.25) is 4.98 Å². The molecular formula is C12H20BrN3O2. The Morgan fingerprint density at radius 3 is 2.83 bits per heavy atom. The smallest absolute Gasteiger partial charge is 0.0750 e. The van der Waals surface area contributed by atoms with E-state index in [-0.39, 0.29) is 0 Å². The molecular weight excluding hydrogens is 298 g/mol. The van der Waals surface area contributed by atoms with Crippen molar-refractivity contribution in [1.29, 1.82) is 0 Å². The minimum atomic E-state index is 0.652. The van der Waals surface area contributed by atoms with Crippen LogP contribution in [0.4, 0.5) is 11.4 Å². The van der Waals surface area contributed by atoms with Gasteiger partial charge in [0.05, 0.1) is 35.3 Å². The zero-order valence-electron chi connectivity index (χ0n) is 10.6. The van der Waals surface area contributed by atoms with E-state index in [1.807, 2.05) is 0 Å². The van der Waals surface area contributed by atoms with Crippen LogP contribution in [0.3, 0.4) is 0 Å². The Labute approximate surface area is 116 Å². The highest BCUT2D eigenvalue weighted by Gasteiger charge is 2.03. The van der Waals surface area contributed by atoms with Gasteiger partial charge in [0.15, 0.2) is 0 Å². The summed E-state index contributed by atoms with van der Waals surface area (Å²) in [5.74, 6) is 0. The third-order valence-electron chi connectivity index (χ3n) is 2.38. The second kappa shape index (κ2) is 9.13. The van der Waals surface area contributed by atoms with Gasteiger partial charge in [-0.2, -0.15) is 0 Å². The van der Waals surface area contributed by atoms with Gasteiger partial charge in [-0.25, -0.2) is 0 Å². The van der Waals surface area contributed by atoms with Gasteiger partial charge in [-0.15, -0.1) is 0 Å². The first-order valence-corrected chi connectivity index (χ1v) is 6.74. The van der Waals surface area contributed by atoms with Crippen LogP contribution in [0, 0.1) is 0 Å². The van der Waals surface area contributed by atoms with Gasteiger partial charge in [0.1, 0.15) is 0 Å². The molecule has 0 unspecified atom stereocenters.